The van der Waals surface area contributed by atoms with Crippen LogP contribution in [-0.2, 0) is 10.0 Å². The third-order valence-corrected chi connectivity index (χ3v) is 6.84. The summed E-state index contributed by atoms with van der Waals surface area (Å²) in [7, 11) is -3.54. The van der Waals surface area contributed by atoms with E-state index in [1.807, 2.05) is 6.92 Å². The zero-order valence-electron chi connectivity index (χ0n) is 10.9. The monoisotopic (exact) mass is 303 g/mol. The molecular weight excluding hydrogens is 286 g/mol. The topological polar surface area (TPSA) is 74.7 Å². The lowest BCUT2D eigenvalue weighted by Crippen LogP contribution is -2.38. The summed E-state index contributed by atoms with van der Waals surface area (Å²) in [5.41, 5.74) is 0.501. The molecule has 106 valence electrons. The lowest BCUT2D eigenvalue weighted by molar-refractivity contribution is 0.0701. The Morgan fingerprint density at radius 1 is 1.53 bits per heavy atom. The minimum Gasteiger partial charge on any atom is -0.477 e. The fourth-order valence-corrected chi connectivity index (χ4v) is 5.42. The first-order chi connectivity index (χ1) is 8.82. The van der Waals surface area contributed by atoms with Crippen LogP contribution in [-0.4, -0.2) is 36.9 Å². The van der Waals surface area contributed by atoms with E-state index in [0.29, 0.717) is 24.6 Å². The molecule has 0 bridgehead atoms. The van der Waals surface area contributed by atoms with Crippen molar-refractivity contribution in [3.8, 4) is 0 Å². The summed E-state index contributed by atoms with van der Waals surface area (Å²) in [5.74, 6) is -0.723. The molecule has 1 atom stereocenters. The average Bonchev–Trinajstić information content (AvgIpc) is 2.72. The molecule has 2 heterocycles. The normalized spacial score (nSPS) is 21.5. The van der Waals surface area contributed by atoms with Crippen LogP contribution in [0.2, 0.25) is 0 Å². The quantitative estimate of drug-likeness (QED) is 0.928. The molecule has 5 nitrogen and oxygen atoms in total. The maximum atomic E-state index is 12.5. The number of carboxylic acid groups (broad SMARTS) is 1. The highest BCUT2D eigenvalue weighted by Gasteiger charge is 2.31. The van der Waals surface area contributed by atoms with Crippen LogP contribution in [0, 0.1) is 12.8 Å². The standard InChI is InChI=1S/C12H17NO4S2/c1-8-4-3-5-13(7-8)19(16,17)10-6-9(2)11(18-10)12(14)15/h6,8H,3-5,7H2,1-2H3,(H,14,15). The summed E-state index contributed by atoms with van der Waals surface area (Å²) in [6, 6.07) is 1.46. The second-order valence-electron chi connectivity index (χ2n) is 4.99. The van der Waals surface area contributed by atoms with Crippen LogP contribution in [0.15, 0.2) is 10.3 Å². The van der Waals surface area contributed by atoms with Crippen LogP contribution in [0.5, 0.6) is 0 Å². The van der Waals surface area contributed by atoms with Crippen molar-refractivity contribution in [1.82, 2.24) is 4.31 Å². The highest BCUT2D eigenvalue weighted by molar-refractivity contribution is 7.91. The van der Waals surface area contributed by atoms with E-state index >= 15 is 0 Å². The molecule has 0 aliphatic carbocycles. The lowest BCUT2D eigenvalue weighted by atomic mass is 10.0. The molecule has 0 amide bonds. The molecule has 19 heavy (non-hydrogen) atoms. The number of rotatable bonds is 3. The van der Waals surface area contributed by atoms with Gasteiger partial charge in [0.1, 0.15) is 9.09 Å². The van der Waals surface area contributed by atoms with Crippen molar-refractivity contribution in [2.75, 3.05) is 13.1 Å². The molecule has 1 N–H and O–H groups in total. The maximum Gasteiger partial charge on any atom is 0.346 e. The minimum absolute atomic E-state index is 0.101. The van der Waals surface area contributed by atoms with Gasteiger partial charge in [0.2, 0.25) is 0 Å². The zero-order chi connectivity index (χ0) is 14.2. The number of aromatic carboxylic acids is 1. The van der Waals surface area contributed by atoms with Crippen LogP contribution in [0.25, 0.3) is 0 Å². The fourth-order valence-electron chi connectivity index (χ4n) is 2.28. The van der Waals surface area contributed by atoms with E-state index in [1.165, 1.54) is 10.4 Å². The van der Waals surface area contributed by atoms with Crippen LogP contribution < -0.4 is 0 Å². The largest absolute Gasteiger partial charge is 0.477 e. The Morgan fingerprint density at radius 2 is 2.21 bits per heavy atom. The fraction of sp³-hybridized carbons (Fsp3) is 0.583. The molecule has 0 saturated carbocycles. The van der Waals surface area contributed by atoms with Crippen molar-refractivity contribution in [1.29, 1.82) is 0 Å². The van der Waals surface area contributed by atoms with Crippen molar-refractivity contribution in [3.05, 3.63) is 16.5 Å². The number of carbonyl (C=O) groups is 1. The lowest BCUT2D eigenvalue weighted by Gasteiger charge is -2.29. The molecule has 2 rings (SSSR count). The predicted molar refractivity (Wildman–Crippen MR) is 73.2 cm³/mol. The smallest absolute Gasteiger partial charge is 0.346 e. The summed E-state index contributed by atoms with van der Waals surface area (Å²) < 4.78 is 26.5. The molecule has 0 spiro atoms. The first-order valence-electron chi connectivity index (χ1n) is 6.16. The highest BCUT2D eigenvalue weighted by Crippen LogP contribution is 2.30. The Labute approximate surface area is 116 Å². The van der Waals surface area contributed by atoms with Gasteiger partial charge in [-0.25, -0.2) is 13.2 Å². The molecule has 1 saturated heterocycles. The van der Waals surface area contributed by atoms with E-state index in [1.54, 1.807) is 6.92 Å². The second-order valence-corrected chi connectivity index (χ2v) is 8.21. The number of thiophene rings is 1. The van der Waals surface area contributed by atoms with E-state index in [9.17, 15) is 13.2 Å². The molecular formula is C12H17NO4S2. The third-order valence-electron chi connectivity index (χ3n) is 3.30. The van der Waals surface area contributed by atoms with Crippen LogP contribution in [0.4, 0.5) is 0 Å². The molecule has 0 radical (unpaired) electrons. The number of sulfonamides is 1. The Balaban J connectivity index is 2.34. The molecule has 1 aliphatic heterocycles. The molecule has 1 aromatic heterocycles. The molecule has 0 aromatic carbocycles. The van der Waals surface area contributed by atoms with Gasteiger partial charge in [0.25, 0.3) is 10.0 Å². The maximum absolute atomic E-state index is 12.5. The van der Waals surface area contributed by atoms with Crippen LogP contribution in [0.1, 0.15) is 35.0 Å². The highest BCUT2D eigenvalue weighted by atomic mass is 32.2. The number of piperidine rings is 1. The van der Waals surface area contributed by atoms with Gasteiger partial charge in [-0.3, -0.25) is 0 Å². The van der Waals surface area contributed by atoms with Gasteiger partial charge < -0.3 is 5.11 Å². The van der Waals surface area contributed by atoms with E-state index < -0.39 is 16.0 Å². The van der Waals surface area contributed by atoms with Crippen LogP contribution in [0.3, 0.4) is 0 Å². The van der Waals surface area contributed by atoms with Gasteiger partial charge in [0, 0.05) is 13.1 Å². The Kier molecular flexibility index (Phi) is 3.98. The number of aryl methyl sites for hydroxylation is 1. The van der Waals surface area contributed by atoms with Crippen molar-refractivity contribution in [2.24, 2.45) is 5.92 Å². The van der Waals surface area contributed by atoms with E-state index in [-0.39, 0.29) is 9.09 Å². The summed E-state index contributed by atoms with van der Waals surface area (Å²) in [4.78, 5) is 11.1. The second kappa shape index (κ2) is 5.22. The van der Waals surface area contributed by atoms with Crippen LogP contribution >= 0.6 is 11.3 Å². The first-order valence-corrected chi connectivity index (χ1v) is 8.42. The molecule has 1 aliphatic rings. The summed E-state index contributed by atoms with van der Waals surface area (Å²) in [5, 5.41) is 9.00. The van der Waals surface area contributed by atoms with Gasteiger partial charge in [-0.15, -0.1) is 11.3 Å². The van der Waals surface area contributed by atoms with Gasteiger partial charge in [0.05, 0.1) is 0 Å². The van der Waals surface area contributed by atoms with Gasteiger partial charge in [-0.1, -0.05) is 6.92 Å². The van der Waals surface area contributed by atoms with Gasteiger partial charge in [-0.05, 0) is 37.3 Å². The summed E-state index contributed by atoms with van der Waals surface area (Å²) >= 11 is 0.840. The van der Waals surface area contributed by atoms with Crippen molar-refractivity contribution >= 4 is 27.3 Å². The molecule has 7 heteroatoms. The van der Waals surface area contributed by atoms with Gasteiger partial charge >= 0.3 is 5.97 Å². The number of hydrogen-bond donors (Lipinski definition) is 1. The first kappa shape index (κ1) is 14.5. The Bertz CT molecular complexity index is 591. The summed E-state index contributed by atoms with van der Waals surface area (Å²) in [6.07, 6.45) is 1.90. The Morgan fingerprint density at radius 3 is 2.74 bits per heavy atom. The average molecular weight is 303 g/mol. The predicted octanol–water partition coefficient (Wildman–Crippen LogP) is 2.18. The molecule has 1 fully saturated rings. The van der Waals surface area contributed by atoms with Crippen molar-refractivity contribution in [2.45, 2.75) is 30.9 Å². The SMILES string of the molecule is Cc1cc(S(=O)(=O)N2CCCC(C)C2)sc1C(=O)O. The van der Waals surface area contributed by atoms with Gasteiger partial charge in [0.15, 0.2) is 0 Å². The van der Waals surface area contributed by atoms with Crippen molar-refractivity contribution < 1.29 is 18.3 Å². The minimum atomic E-state index is -3.54. The number of hydrogen-bond acceptors (Lipinski definition) is 4. The molecule has 1 aromatic rings. The zero-order valence-corrected chi connectivity index (χ0v) is 12.6. The molecule has 1 unspecified atom stereocenters. The van der Waals surface area contributed by atoms with E-state index in [2.05, 4.69) is 0 Å². The summed E-state index contributed by atoms with van der Waals surface area (Å²) in [6.45, 7) is 4.69. The van der Waals surface area contributed by atoms with Crippen molar-refractivity contribution in [3.63, 3.8) is 0 Å². The van der Waals surface area contributed by atoms with E-state index in [0.717, 1.165) is 24.2 Å². The van der Waals surface area contributed by atoms with E-state index in [4.69, 9.17) is 5.11 Å². The third kappa shape index (κ3) is 2.82. The number of nitrogens with zero attached hydrogens (tertiary/aromatic N) is 1. The Hall–Kier alpha value is -0.920. The number of carboxylic acids is 1. The van der Waals surface area contributed by atoms with Gasteiger partial charge in [-0.2, -0.15) is 4.31 Å².